The Balaban J connectivity index is 2.42. The maximum Gasteiger partial charge on any atom is 0.416 e. The van der Waals surface area contributed by atoms with Crippen LogP contribution >= 0.6 is 27.3 Å². The van der Waals surface area contributed by atoms with Crippen molar-refractivity contribution in [3.8, 4) is 10.6 Å². The van der Waals surface area contributed by atoms with Crippen molar-refractivity contribution in [1.29, 1.82) is 0 Å². The summed E-state index contributed by atoms with van der Waals surface area (Å²) in [6.45, 7) is 2.00. The highest BCUT2D eigenvalue weighted by Crippen LogP contribution is 2.37. The van der Waals surface area contributed by atoms with E-state index in [-0.39, 0.29) is 6.04 Å². The van der Waals surface area contributed by atoms with Crippen molar-refractivity contribution < 1.29 is 13.2 Å². The second kappa shape index (κ2) is 6.41. The molecule has 0 bridgehead atoms. The molecule has 114 valence electrons. The zero-order valence-electron chi connectivity index (χ0n) is 11.3. The lowest BCUT2D eigenvalue weighted by Gasteiger charge is -2.09. The van der Waals surface area contributed by atoms with Crippen LogP contribution < -0.4 is 5.32 Å². The molecule has 0 radical (unpaired) electrons. The molecule has 21 heavy (non-hydrogen) atoms. The SMILES string of the molecule is CCC(NC)c1nnc(-c2cc(C(F)(F)F)ccc2Br)s1. The Bertz CT molecular complexity index is 623. The highest BCUT2D eigenvalue weighted by molar-refractivity contribution is 9.10. The van der Waals surface area contributed by atoms with Gasteiger partial charge in [0.2, 0.25) is 0 Å². The minimum Gasteiger partial charge on any atom is -0.311 e. The number of aromatic nitrogens is 2. The summed E-state index contributed by atoms with van der Waals surface area (Å²) < 4.78 is 39.0. The van der Waals surface area contributed by atoms with Gasteiger partial charge in [-0.05, 0) is 31.7 Å². The van der Waals surface area contributed by atoms with Gasteiger partial charge in [0.05, 0.1) is 11.6 Å². The zero-order valence-corrected chi connectivity index (χ0v) is 13.7. The molecule has 0 saturated carbocycles. The third kappa shape index (κ3) is 3.61. The molecule has 0 amide bonds. The van der Waals surface area contributed by atoms with Gasteiger partial charge in [0.1, 0.15) is 10.0 Å². The van der Waals surface area contributed by atoms with Gasteiger partial charge >= 0.3 is 6.18 Å². The summed E-state index contributed by atoms with van der Waals surface area (Å²) in [5, 5.41) is 12.4. The topological polar surface area (TPSA) is 37.8 Å². The van der Waals surface area contributed by atoms with Crippen LogP contribution in [0.25, 0.3) is 10.6 Å². The van der Waals surface area contributed by atoms with Crippen LogP contribution in [0.15, 0.2) is 22.7 Å². The minimum atomic E-state index is -4.38. The van der Waals surface area contributed by atoms with E-state index in [1.165, 1.54) is 17.4 Å². The maximum atomic E-state index is 12.8. The second-order valence-electron chi connectivity index (χ2n) is 4.39. The zero-order chi connectivity index (χ0) is 15.6. The minimum absolute atomic E-state index is 0.0563. The molecule has 0 fully saturated rings. The van der Waals surface area contributed by atoms with E-state index in [0.29, 0.717) is 15.0 Å². The first-order valence-electron chi connectivity index (χ1n) is 6.24. The molecular formula is C13H13BrF3N3S. The molecule has 2 rings (SSSR count). The van der Waals surface area contributed by atoms with Crippen LogP contribution in [0.3, 0.4) is 0 Å². The smallest absolute Gasteiger partial charge is 0.311 e. The molecule has 0 aliphatic rings. The number of alkyl halides is 3. The Kier molecular flexibility index (Phi) is 5.00. The van der Waals surface area contributed by atoms with Gasteiger partial charge in [0.25, 0.3) is 0 Å². The normalized spacial score (nSPS) is 13.4. The molecular weight excluding hydrogens is 367 g/mol. The second-order valence-corrected chi connectivity index (χ2v) is 6.25. The van der Waals surface area contributed by atoms with Crippen LogP contribution in [0.1, 0.15) is 30.0 Å². The third-order valence-electron chi connectivity index (χ3n) is 3.02. The lowest BCUT2D eigenvalue weighted by molar-refractivity contribution is -0.137. The van der Waals surface area contributed by atoms with Crippen LogP contribution in [-0.4, -0.2) is 17.2 Å². The number of hydrogen-bond donors (Lipinski definition) is 1. The molecule has 0 aliphatic carbocycles. The highest BCUT2D eigenvalue weighted by Gasteiger charge is 2.31. The lowest BCUT2D eigenvalue weighted by Crippen LogP contribution is -2.14. The number of hydrogen-bond acceptors (Lipinski definition) is 4. The van der Waals surface area contributed by atoms with Gasteiger partial charge < -0.3 is 5.32 Å². The molecule has 1 aromatic carbocycles. The predicted octanol–water partition coefficient (Wildman–Crippen LogP) is 4.66. The number of nitrogens with zero attached hydrogens (tertiary/aromatic N) is 2. The molecule has 1 atom stereocenters. The summed E-state index contributed by atoms with van der Waals surface area (Å²) in [4.78, 5) is 0. The molecule has 3 nitrogen and oxygen atoms in total. The Hall–Kier alpha value is -0.990. The van der Waals surface area contributed by atoms with Crippen LogP contribution in [0, 0.1) is 0 Å². The van der Waals surface area contributed by atoms with E-state index >= 15 is 0 Å². The monoisotopic (exact) mass is 379 g/mol. The first-order valence-corrected chi connectivity index (χ1v) is 7.85. The van der Waals surface area contributed by atoms with Crippen LogP contribution in [0.5, 0.6) is 0 Å². The first-order chi connectivity index (χ1) is 9.86. The summed E-state index contributed by atoms with van der Waals surface area (Å²) in [6.07, 6.45) is -3.55. The number of benzene rings is 1. The van der Waals surface area contributed by atoms with Crippen molar-refractivity contribution >= 4 is 27.3 Å². The molecule has 0 aliphatic heterocycles. The quantitative estimate of drug-likeness (QED) is 0.839. The predicted molar refractivity (Wildman–Crippen MR) is 80.1 cm³/mol. The largest absolute Gasteiger partial charge is 0.416 e. The molecule has 1 aromatic heterocycles. The van der Waals surface area contributed by atoms with Crippen molar-refractivity contribution in [3.63, 3.8) is 0 Å². The fourth-order valence-electron chi connectivity index (χ4n) is 1.85. The standard InChI is InChI=1S/C13H13BrF3N3S/c1-3-10(18-2)12-20-19-11(21-12)8-6-7(13(15,16)17)4-5-9(8)14/h4-6,10,18H,3H2,1-2H3. The molecule has 2 aromatic rings. The number of rotatable bonds is 4. The molecule has 1 heterocycles. The summed E-state index contributed by atoms with van der Waals surface area (Å²) in [5.41, 5.74) is -0.294. The summed E-state index contributed by atoms with van der Waals surface area (Å²) in [5.74, 6) is 0. The van der Waals surface area contributed by atoms with Crippen molar-refractivity contribution in [2.75, 3.05) is 7.05 Å². The van der Waals surface area contributed by atoms with E-state index in [1.54, 1.807) is 0 Å². The van der Waals surface area contributed by atoms with Crippen molar-refractivity contribution in [2.45, 2.75) is 25.6 Å². The van der Waals surface area contributed by atoms with Crippen LogP contribution in [0.2, 0.25) is 0 Å². The van der Waals surface area contributed by atoms with Gasteiger partial charge in [-0.25, -0.2) is 0 Å². The van der Waals surface area contributed by atoms with Gasteiger partial charge in [0.15, 0.2) is 0 Å². The Labute approximate surface area is 132 Å². The van der Waals surface area contributed by atoms with Gasteiger partial charge in [-0.1, -0.05) is 34.2 Å². The molecule has 1 unspecified atom stereocenters. The fourth-order valence-corrected chi connectivity index (χ4v) is 3.48. The first kappa shape index (κ1) is 16.4. The van der Waals surface area contributed by atoms with Crippen molar-refractivity contribution in [1.82, 2.24) is 15.5 Å². The molecule has 1 N–H and O–H groups in total. The van der Waals surface area contributed by atoms with Crippen molar-refractivity contribution in [3.05, 3.63) is 33.2 Å². The Morgan fingerprint density at radius 3 is 2.62 bits per heavy atom. The number of nitrogens with one attached hydrogen (secondary N) is 1. The summed E-state index contributed by atoms with van der Waals surface area (Å²) in [6, 6.07) is 3.57. The van der Waals surface area contributed by atoms with Crippen LogP contribution in [-0.2, 0) is 6.18 Å². The highest BCUT2D eigenvalue weighted by atomic mass is 79.9. The maximum absolute atomic E-state index is 12.8. The molecule has 0 spiro atoms. The van der Waals surface area contributed by atoms with Gasteiger partial charge in [-0.2, -0.15) is 13.2 Å². The van der Waals surface area contributed by atoms with E-state index < -0.39 is 11.7 Å². The van der Waals surface area contributed by atoms with E-state index in [0.717, 1.165) is 23.6 Å². The summed E-state index contributed by atoms with van der Waals surface area (Å²) >= 11 is 4.56. The molecule has 0 saturated heterocycles. The van der Waals surface area contributed by atoms with Gasteiger partial charge in [0, 0.05) is 10.0 Å². The van der Waals surface area contributed by atoms with E-state index in [9.17, 15) is 13.2 Å². The van der Waals surface area contributed by atoms with Crippen LogP contribution in [0.4, 0.5) is 13.2 Å². The average molecular weight is 380 g/mol. The Morgan fingerprint density at radius 2 is 2.05 bits per heavy atom. The van der Waals surface area contributed by atoms with E-state index in [2.05, 4.69) is 31.4 Å². The fraction of sp³-hybridized carbons (Fsp3) is 0.385. The molecule has 8 heteroatoms. The lowest BCUT2D eigenvalue weighted by atomic mass is 10.1. The Morgan fingerprint density at radius 1 is 1.33 bits per heavy atom. The van der Waals surface area contributed by atoms with E-state index in [1.807, 2.05) is 14.0 Å². The average Bonchev–Trinajstić information content (AvgIpc) is 2.89. The van der Waals surface area contributed by atoms with Gasteiger partial charge in [-0.3, -0.25) is 0 Å². The third-order valence-corrected chi connectivity index (χ3v) is 4.78. The summed E-state index contributed by atoms with van der Waals surface area (Å²) in [7, 11) is 1.81. The van der Waals surface area contributed by atoms with E-state index in [4.69, 9.17) is 0 Å². The van der Waals surface area contributed by atoms with Crippen molar-refractivity contribution in [2.24, 2.45) is 0 Å². The van der Waals surface area contributed by atoms with Gasteiger partial charge in [-0.15, -0.1) is 10.2 Å². The number of halogens is 4.